The van der Waals surface area contributed by atoms with Crippen LogP contribution >= 0.6 is 24.0 Å². The second-order valence-electron chi connectivity index (χ2n) is 8.29. The minimum absolute atomic E-state index is 0. The Morgan fingerprint density at radius 1 is 1.15 bits per heavy atom. The molecule has 1 amide bonds. The second-order valence-corrected chi connectivity index (χ2v) is 8.29. The first-order chi connectivity index (χ1) is 16.1. The van der Waals surface area contributed by atoms with Crippen LogP contribution < -0.4 is 16.0 Å². The minimum atomic E-state index is -0.198. The number of hydrogen-bond acceptors (Lipinski definition) is 3. The molecule has 7 nitrogen and oxygen atoms in total. The maximum absolute atomic E-state index is 13.7. The molecule has 0 bridgehead atoms. The van der Waals surface area contributed by atoms with Gasteiger partial charge in [-0.3, -0.25) is 9.48 Å². The van der Waals surface area contributed by atoms with E-state index < -0.39 is 0 Å². The Morgan fingerprint density at radius 3 is 2.68 bits per heavy atom. The van der Waals surface area contributed by atoms with E-state index in [2.05, 4.69) is 21.0 Å². The van der Waals surface area contributed by atoms with Crippen LogP contribution in [0.15, 0.2) is 72.0 Å². The van der Waals surface area contributed by atoms with Crippen LogP contribution in [0.25, 0.3) is 0 Å². The number of benzene rings is 2. The third-order valence-electron chi connectivity index (χ3n) is 5.72. The van der Waals surface area contributed by atoms with E-state index >= 15 is 0 Å². The van der Waals surface area contributed by atoms with E-state index in [1.807, 2.05) is 37.3 Å². The summed E-state index contributed by atoms with van der Waals surface area (Å²) in [6, 6.07) is 16.3. The number of nitrogens with zero attached hydrogens (tertiary/aromatic N) is 3. The number of hydrogen-bond donors (Lipinski definition) is 3. The topological polar surface area (TPSA) is 83.3 Å². The molecule has 9 heteroatoms. The average Bonchev–Trinajstić information content (AvgIpc) is 3.43. The van der Waals surface area contributed by atoms with Gasteiger partial charge < -0.3 is 16.0 Å². The molecular formula is C25H30FIN6O. The van der Waals surface area contributed by atoms with Gasteiger partial charge in [0, 0.05) is 36.6 Å². The van der Waals surface area contributed by atoms with E-state index in [9.17, 15) is 9.18 Å². The van der Waals surface area contributed by atoms with Gasteiger partial charge in [0.25, 0.3) is 0 Å². The summed E-state index contributed by atoms with van der Waals surface area (Å²) in [5, 5.41) is 13.6. The number of aromatic nitrogens is 2. The van der Waals surface area contributed by atoms with Crippen LogP contribution in [0, 0.1) is 5.82 Å². The van der Waals surface area contributed by atoms with E-state index in [-0.39, 0.29) is 47.7 Å². The first-order valence-corrected chi connectivity index (χ1v) is 11.2. The van der Waals surface area contributed by atoms with E-state index in [4.69, 9.17) is 4.99 Å². The van der Waals surface area contributed by atoms with Crippen LogP contribution in [0.4, 0.5) is 10.1 Å². The Kier molecular flexibility index (Phi) is 9.03. The second kappa shape index (κ2) is 12.0. The molecule has 0 radical (unpaired) electrons. The number of halogens is 2. The molecule has 1 heterocycles. The normalized spacial score (nSPS) is 14.1. The third kappa shape index (κ3) is 7.02. The maximum atomic E-state index is 13.7. The molecule has 3 N–H and O–H groups in total. The zero-order chi connectivity index (χ0) is 23.1. The van der Waals surface area contributed by atoms with E-state index in [1.54, 1.807) is 35.3 Å². The van der Waals surface area contributed by atoms with Gasteiger partial charge in [0.15, 0.2) is 5.96 Å². The van der Waals surface area contributed by atoms with Crippen molar-refractivity contribution in [1.82, 2.24) is 20.4 Å². The molecule has 0 unspecified atom stereocenters. The van der Waals surface area contributed by atoms with Crippen LogP contribution in [-0.4, -0.2) is 34.7 Å². The number of aliphatic imine (C=N–C) groups is 1. The molecule has 34 heavy (non-hydrogen) atoms. The molecule has 1 aliphatic carbocycles. The van der Waals surface area contributed by atoms with Crippen molar-refractivity contribution in [1.29, 1.82) is 0 Å². The van der Waals surface area contributed by atoms with Crippen molar-refractivity contribution < 1.29 is 9.18 Å². The lowest BCUT2D eigenvalue weighted by atomic mass is 9.96. The highest BCUT2D eigenvalue weighted by atomic mass is 127. The van der Waals surface area contributed by atoms with Crippen LogP contribution in [0.1, 0.15) is 30.9 Å². The highest BCUT2D eigenvalue weighted by molar-refractivity contribution is 14.0. The fourth-order valence-corrected chi connectivity index (χ4v) is 3.79. The molecular weight excluding hydrogens is 546 g/mol. The zero-order valence-electron chi connectivity index (χ0n) is 19.1. The molecule has 180 valence electrons. The number of amides is 1. The summed E-state index contributed by atoms with van der Waals surface area (Å²) in [7, 11) is 0. The zero-order valence-corrected chi connectivity index (χ0v) is 21.5. The molecule has 4 rings (SSSR count). The molecule has 0 aliphatic heterocycles. The monoisotopic (exact) mass is 576 g/mol. The van der Waals surface area contributed by atoms with Crippen molar-refractivity contribution in [3.05, 3.63) is 83.9 Å². The van der Waals surface area contributed by atoms with Crippen molar-refractivity contribution in [3.8, 4) is 0 Å². The van der Waals surface area contributed by atoms with Crippen molar-refractivity contribution in [3.63, 3.8) is 0 Å². The summed E-state index contributed by atoms with van der Waals surface area (Å²) in [6.45, 7) is 4.09. The van der Waals surface area contributed by atoms with Gasteiger partial charge in [-0.15, -0.1) is 24.0 Å². The summed E-state index contributed by atoms with van der Waals surface area (Å²) in [4.78, 5) is 16.9. The molecule has 1 saturated carbocycles. The number of guanidine groups is 1. The van der Waals surface area contributed by atoms with Crippen LogP contribution in [-0.2, 0) is 23.3 Å². The first kappa shape index (κ1) is 25.7. The Morgan fingerprint density at radius 2 is 1.97 bits per heavy atom. The van der Waals surface area contributed by atoms with E-state index in [0.717, 1.165) is 36.2 Å². The Hall–Kier alpha value is -2.95. The molecule has 0 spiro atoms. The van der Waals surface area contributed by atoms with Gasteiger partial charge in [-0.05, 0) is 61.2 Å². The van der Waals surface area contributed by atoms with Crippen LogP contribution in [0.2, 0.25) is 0 Å². The summed E-state index contributed by atoms with van der Waals surface area (Å²) < 4.78 is 15.2. The van der Waals surface area contributed by atoms with Gasteiger partial charge >= 0.3 is 0 Å². The summed E-state index contributed by atoms with van der Waals surface area (Å²) in [5.41, 5.74) is 2.71. The van der Waals surface area contributed by atoms with Gasteiger partial charge in [0.05, 0.1) is 6.54 Å². The lowest BCUT2D eigenvalue weighted by Crippen LogP contribution is -2.41. The standard InChI is InChI=1S/C25H29FN6O.HI/c1-2-27-24(29-18-25(10-11-25)20-7-4-8-21(26)15-20)28-16-19-6-3-9-22(14-19)31-23(33)17-32-13-5-12-30-32;/h3-9,12-15H,2,10-11,16-18H2,1H3,(H,31,33)(H2,27,28,29);1H. The Balaban J connectivity index is 0.00000324. The van der Waals surface area contributed by atoms with Gasteiger partial charge in [0.2, 0.25) is 5.91 Å². The highest BCUT2D eigenvalue weighted by Crippen LogP contribution is 2.47. The minimum Gasteiger partial charge on any atom is -0.357 e. The number of carbonyl (C=O) groups excluding carboxylic acids is 1. The SMILES string of the molecule is CCNC(=NCc1cccc(NC(=O)Cn2cccn2)c1)NCC1(c2cccc(F)c2)CC1.I. The summed E-state index contributed by atoms with van der Waals surface area (Å²) >= 11 is 0. The summed E-state index contributed by atoms with van der Waals surface area (Å²) in [5.74, 6) is 0.380. The number of nitrogens with one attached hydrogen (secondary N) is 3. The molecule has 0 saturated heterocycles. The van der Waals surface area contributed by atoms with Crippen molar-refractivity contribution in [2.75, 3.05) is 18.4 Å². The lowest BCUT2D eigenvalue weighted by molar-refractivity contribution is -0.116. The molecule has 2 aromatic carbocycles. The van der Waals surface area contributed by atoms with Gasteiger partial charge in [-0.25, -0.2) is 9.38 Å². The fourth-order valence-electron chi connectivity index (χ4n) is 3.79. The highest BCUT2D eigenvalue weighted by Gasteiger charge is 2.44. The third-order valence-corrected chi connectivity index (χ3v) is 5.72. The molecule has 3 aromatic rings. The molecule has 1 fully saturated rings. The van der Waals surface area contributed by atoms with Gasteiger partial charge in [-0.2, -0.15) is 5.10 Å². The van der Waals surface area contributed by atoms with Crippen molar-refractivity contribution >= 4 is 41.5 Å². The predicted octanol–water partition coefficient (Wildman–Crippen LogP) is 4.07. The van der Waals surface area contributed by atoms with E-state index in [1.165, 1.54) is 6.07 Å². The Labute approximate surface area is 216 Å². The van der Waals surface area contributed by atoms with Gasteiger partial charge in [-0.1, -0.05) is 24.3 Å². The van der Waals surface area contributed by atoms with E-state index in [0.29, 0.717) is 19.0 Å². The maximum Gasteiger partial charge on any atom is 0.246 e. The van der Waals surface area contributed by atoms with Crippen LogP contribution in [0.5, 0.6) is 0 Å². The fraction of sp³-hybridized carbons (Fsp3) is 0.320. The largest absolute Gasteiger partial charge is 0.357 e. The number of rotatable bonds is 9. The van der Waals surface area contributed by atoms with Crippen molar-refractivity contribution in [2.24, 2.45) is 4.99 Å². The predicted molar refractivity (Wildman–Crippen MR) is 143 cm³/mol. The Bertz CT molecular complexity index is 1110. The molecule has 1 aromatic heterocycles. The smallest absolute Gasteiger partial charge is 0.246 e. The average molecular weight is 576 g/mol. The molecule has 1 aliphatic rings. The van der Waals surface area contributed by atoms with Crippen LogP contribution in [0.3, 0.4) is 0 Å². The summed E-state index contributed by atoms with van der Waals surface area (Å²) in [6.07, 6.45) is 5.46. The first-order valence-electron chi connectivity index (χ1n) is 11.2. The number of carbonyl (C=O) groups is 1. The van der Waals surface area contributed by atoms with Crippen molar-refractivity contribution in [2.45, 2.75) is 38.3 Å². The lowest BCUT2D eigenvalue weighted by Gasteiger charge is -2.19. The number of anilines is 1. The van der Waals surface area contributed by atoms with Gasteiger partial charge in [0.1, 0.15) is 12.4 Å². The molecule has 0 atom stereocenters. The quantitative estimate of drug-likeness (QED) is 0.204.